The molecule has 1 saturated carbocycles. The maximum Gasteiger partial charge on any atom is 0.516 e. The Balaban J connectivity index is 2.55. The molecule has 5 heteroatoms. The van der Waals surface area contributed by atoms with E-state index < -0.39 is 8.88 Å². The van der Waals surface area contributed by atoms with E-state index in [1.807, 2.05) is 0 Å². The standard InChI is InChI=1S/C12H28N2O2Si/c1-5-11(2)13-17(15-3,16-4)14-12-9-7-6-8-10-12/h11-14H,5-10H2,1-4H3. The highest BCUT2D eigenvalue weighted by atomic mass is 28.4. The molecule has 17 heavy (non-hydrogen) atoms. The lowest BCUT2D eigenvalue weighted by Gasteiger charge is -2.35. The van der Waals surface area contributed by atoms with Gasteiger partial charge in [0.2, 0.25) is 0 Å². The predicted molar refractivity (Wildman–Crippen MR) is 72.7 cm³/mol. The van der Waals surface area contributed by atoms with Crippen LogP contribution in [-0.2, 0) is 8.85 Å². The van der Waals surface area contributed by atoms with Gasteiger partial charge in [0.15, 0.2) is 0 Å². The van der Waals surface area contributed by atoms with E-state index >= 15 is 0 Å². The summed E-state index contributed by atoms with van der Waals surface area (Å²) in [7, 11) is 1.06. The Morgan fingerprint density at radius 3 is 2.24 bits per heavy atom. The third-order valence-corrected chi connectivity index (χ3v) is 6.43. The number of rotatable bonds is 7. The minimum Gasteiger partial charge on any atom is -0.374 e. The molecule has 1 aliphatic rings. The molecule has 2 N–H and O–H groups in total. The van der Waals surface area contributed by atoms with Crippen molar-refractivity contribution in [2.75, 3.05) is 14.2 Å². The van der Waals surface area contributed by atoms with Gasteiger partial charge in [0.1, 0.15) is 0 Å². The van der Waals surface area contributed by atoms with Crippen molar-refractivity contribution in [1.29, 1.82) is 0 Å². The van der Waals surface area contributed by atoms with Crippen LogP contribution in [0.5, 0.6) is 0 Å². The summed E-state index contributed by atoms with van der Waals surface area (Å²) in [5, 5.41) is 0. The van der Waals surface area contributed by atoms with Crippen molar-refractivity contribution in [3.63, 3.8) is 0 Å². The second-order valence-electron chi connectivity index (χ2n) is 4.96. The Labute approximate surface area is 107 Å². The molecule has 0 bridgehead atoms. The molecule has 102 valence electrons. The smallest absolute Gasteiger partial charge is 0.374 e. The summed E-state index contributed by atoms with van der Waals surface area (Å²) in [6.07, 6.45) is 7.56. The minimum atomic E-state index is -2.41. The first-order valence-corrected chi connectivity index (χ1v) is 8.63. The molecule has 1 aliphatic carbocycles. The molecule has 1 unspecified atom stereocenters. The van der Waals surface area contributed by atoms with Gasteiger partial charge in [-0.15, -0.1) is 0 Å². The SMILES string of the molecule is CCC(C)N[Si](NC1CCCCC1)(OC)OC. The van der Waals surface area contributed by atoms with E-state index in [-0.39, 0.29) is 0 Å². The zero-order valence-corrected chi connectivity index (χ0v) is 12.7. The van der Waals surface area contributed by atoms with Crippen molar-refractivity contribution in [2.24, 2.45) is 0 Å². The van der Waals surface area contributed by atoms with Gasteiger partial charge in [0.25, 0.3) is 0 Å². The van der Waals surface area contributed by atoms with Crippen molar-refractivity contribution in [2.45, 2.75) is 64.5 Å². The van der Waals surface area contributed by atoms with Crippen LogP contribution in [0.3, 0.4) is 0 Å². The molecule has 1 atom stereocenters. The van der Waals surface area contributed by atoms with Crippen molar-refractivity contribution in [1.82, 2.24) is 9.96 Å². The van der Waals surface area contributed by atoms with Gasteiger partial charge in [0.05, 0.1) is 0 Å². The molecule has 0 aromatic rings. The molecule has 0 aliphatic heterocycles. The van der Waals surface area contributed by atoms with Crippen LogP contribution in [0.2, 0.25) is 0 Å². The first kappa shape index (κ1) is 15.1. The monoisotopic (exact) mass is 260 g/mol. The summed E-state index contributed by atoms with van der Waals surface area (Å²) < 4.78 is 11.3. The van der Waals surface area contributed by atoms with E-state index in [4.69, 9.17) is 8.85 Å². The van der Waals surface area contributed by atoms with Gasteiger partial charge in [0, 0.05) is 26.3 Å². The molecule has 1 rings (SSSR count). The van der Waals surface area contributed by atoms with Gasteiger partial charge < -0.3 is 8.85 Å². The Bertz CT molecular complexity index is 207. The van der Waals surface area contributed by atoms with E-state index in [0.29, 0.717) is 12.1 Å². The normalized spacial score (nSPS) is 20.5. The van der Waals surface area contributed by atoms with Gasteiger partial charge in [-0.05, 0) is 19.3 Å². The first-order valence-electron chi connectivity index (χ1n) is 6.81. The van der Waals surface area contributed by atoms with E-state index in [1.54, 1.807) is 14.2 Å². The molecule has 0 saturated heterocycles. The second kappa shape index (κ2) is 7.48. The molecule has 0 radical (unpaired) electrons. The fourth-order valence-electron chi connectivity index (χ4n) is 2.30. The minimum absolute atomic E-state index is 0.414. The van der Waals surface area contributed by atoms with E-state index in [9.17, 15) is 0 Å². The van der Waals surface area contributed by atoms with Crippen LogP contribution in [0.1, 0.15) is 52.4 Å². The van der Waals surface area contributed by atoms with E-state index in [0.717, 1.165) is 6.42 Å². The zero-order chi connectivity index (χ0) is 12.7. The van der Waals surface area contributed by atoms with Gasteiger partial charge in [-0.1, -0.05) is 33.1 Å². The van der Waals surface area contributed by atoms with E-state index in [1.165, 1.54) is 32.1 Å². The van der Waals surface area contributed by atoms with Gasteiger partial charge in [-0.2, -0.15) is 0 Å². The maximum absolute atomic E-state index is 5.66. The maximum atomic E-state index is 5.66. The summed E-state index contributed by atoms with van der Waals surface area (Å²) in [5.41, 5.74) is 0. The Morgan fingerprint density at radius 1 is 1.18 bits per heavy atom. The van der Waals surface area contributed by atoms with Crippen molar-refractivity contribution in [3.8, 4) is 0 Å². The molecule has 0 spiro atoms. The highest BCUT2D eigenvalue weighted by Crippen LogP contribution is 2.19. The Kier molecular flexibility index (Phi) is 6.65. The summed E-state index contributed by atoms with van der Waals surface area (Å²) in [6.45, 7) is 4.34. The average Bonchev–Trinajstić information content (AvgIpc) is 2.39. The fourth-order valence-corrected chi connectivity index (χ4v) is 4.70. The largest absolute Gasteiger partial charge is 0.516 e. The van der Waals surface area contributed by atoms with Crippen molar-refractivity contribution >= 4 is 8.88 Å². The van der Waals surface area contributed by atoms with E-state index in [2.05, 4.69) is 23.8 Å². The summed E-state index contributed by atoms with van der Waals surface area (Å²) in [4.78, 5) is 7.13. The lowest BCUT2D eigenvalue weighted by Crippen LogP contribution is -2.70. The summed E-state index contributed by atoms with van der Waals surface area (Å²) in [6, 6.07) is 0.963. The highest BCUT2D eigenvalue weighted by molar-refractivity contribution is 6.62. The lowest BCUT2D eigenvalue weighted by molar-refractivity contribution is 0.194. The number of hydrogen-bond donors (Lipinski definition) is 2. The van der Waals surface area contributed by atoms with Crippen LogP contribution < -0.4 is 9.96 Å². The molecule has 0 amide bonds. The summed E-state index contributed by atoms with van der Waals surface area (Å²) in [5.74, 6) is 0. The molecular weight excluding hydrogens is 232 g/mol. The van der Waals surface area contributed by atoms with Crippen LogP contribution in [0.4, 0.5) is 0 Å². The number of nitrogens with one attached hydrogen (secondary N) is 2. The average molecular weight is 260 g/mol. The molecule has 0 aromatic heterocycles. The fraction of sp³-hybridized carbons (Fsp3) is 1.00. The second-order valence-corrected chi connectivity index (χ2v) is 7.58. The third-order valence-electron chi connectivity index (χ3n) is 3.62. The van der Waals surface area contributed by atoms with Gasteiger partial charge >= 0.3 is 8.88 Å². The molecule has 1 fully saturated rings. The molecular formula is C12H28N2O2Si. The lowest BCUT2D eigenvalue weighted by atomic mass is 9.96. The number of hydrogen-bond acceptors (Lipinski definition) is 4. The summed E-state index contributed by atoms with van der Waals surface area (Å²) >= 11 is 0. The molecule has 0 heterocycles. The molecule has 4 nitrogen and oxygen atoms in total. The van der Waals surface area contributed by atoms with Crippen LogP contribution in [-0.4, -0.2) is 35.2 Å². The topological polar surface area (TPSA) is 42.5 Å². The van der Waals surface area contributed by atoms with Crippen molar-refractivity contribution in [3.05, 3.63) is 0 Å². The van der Waals surface area contributed by atoms with Crippen molar-refractivity contribution < 1.29 is 8.85 Å². The third kappa shape index (κ3) is 4.67. The highest BCUT2D eigenvalue weighted by Gasteiger charge is 2.40. The van der Waals surface area contributed by atoms with Crippen LogP contribution in [0.25, 0.3) is 0 Å². The van der Waals surface area contributed by atoms with Gasteiger partial charge in [-0.25, -0.2) is 0 Å². The zero-order valence-electron chi connectivity index (χ0n) is 11.7. The quantitative estimate of drug-likeness (QED) is 0.687. The molecule has 0 aromatic carbocycles. The van der Waals surface area contributed by atoms with Crippen LogP contribution in [0, 0.1) is 0 Å². The Hall–Kier alpha value is 0.0569. The first-order chi connectivity index (χ1) is 8.15. The van der Waals surface area contributed by atoms with Crippen LogP contribution in [0.15, 0.2) is 0 Å². The Morgan fingerprint density at radius 2 is 1.76 bits per heavy atom. The van der Waals surface area contributed by atoms with Gasteiger partial charge in [-0.3, -0.25) is 9.96 Å². The predicted octanol–water partition coefficient (Wildman–Crippen LogP) is 2.03. The van der Waals surface area contributed by atoms with Crippen LogP contribution >= 0.6 is 0 Å².